The lowest BCUT2D eigenvalue weighted by Crippen LogP contribution is -2.23. The highest BCUT2D eigenvalue weighted by atomic mass is 32.1. The highest BCUT2D eigenvalue weighted by Gasteiger charge is 2.15. The number of hydrogen-bond donors (Lipinski definition) is 1. The van der Waals surface area contributed by atoms with Crippen molar-refractivity contribution in [1.29, 1.82) is 0 Å². The number of aromatic nitrogens is 1. The van der Waals surface area contributed by atoms with Crippen molar-refractivity contribution in [2.45, 2.75) is 33.9 Å². The molecule has 0 fully saturated rings. The summed E-state index contributed by atoms with van der Waals surface area (Å²) in [6.45, 7) is 6.59. The first-order valence-corrected chi connectivity index (χ1v) is 8.89. The van der Waals surface area contributed by atoms with E-state index in [-0.39, 0.29) is 5.91 Å². The Morgan fingerprint density at radius 2 is 2.04 bits per heavy atom. The van der Waals surface area contributed by atoms with Crippen LogP contribution in [0.25, 0.3) is 0 Å². The summed E-state index contributed by atoms with van der Waals surface area (Å²) in [4.78, 5) is 13.7. The van der Waals surface area contributed by atoms with Gasteiger partial charge in [-0.2, -0.15) is 0 Å². The Morgan fingerprint density at radius 1 is 1.24 bits per heavy atom. The number of amides is 1. The van der Waals surface area contributed by atoms with E-state index in [0.717, 1.165) is 21.9 Å². The maximum Gasteiger partial charge on any atom is 0.255 e. The molecule has 2 heterocycles. The Kier molecular flexibility index (Phi) is 5.19. The van der Waals surface area contributed by atoms with Crippen molar-refractivity contribution in [2.24, 2.45) is 0 Å². The van der Waals surface area contributed by atoms with Crippen LogP contribution in [0.5, 0.6) is 5.75 Å². The monoisotopic (exact) mass is 356 g/mol. The van der Waals surface area contributed by atoms with Crippen LogP contribution in [-0.4, -0.2) is 11.1 Å². The summed E-state index contributed by atoms with van der Waals surface area (Å²) in [6, 6.07) is 9.28. The number of para-hydroxylation sites is 1. The first-order valence-electron chi connectivity index (χ1n) is 8.01. The zero-order valence-corrected chi connectivity index (χ0v) is 15.3. The average Bonchev–Trinajstić information content (AvgIpc) is 3.16. The van der Waals surface area contributed by atoms with Gasteiger partial charge in [0.1, 0.15) is 18.1 Å². The van der Waals surface area contributed by atoms with Crippen molar-refractivity contribution in [2.75, 3.05) is 0 Å². The standard InChI is InChI=1S/C19H20N2O3S/c1-12-8-9-25-18(12)10-20-19(22)15-6-4-5-7-17(15)23-11-16-13(2)21-24-14(16)3/h4-9H,10-11H2,1-3H3,(H,20,22). The van der Waals surface area contributed by atoms with Crippen LogP contribution in [0.1, 0.15) is 37.8 Å². The fourth-order valence-electron chi connectivity index (χ4n) is 2.48. The average molecular weight is 356 g/mol. The van der Waals surface area contributed by atoms with E-state index < -0.39 is 0 Å². The molecule has 3 aromatic rings. The number of carbonyl (C=O) groups is 1. The fraction of sp³-hybridized carbons (Fsp3) is 0.263. The van der Waals surface area contributed by atoms with E-state index >= 15 is 0 Å². The summed E-state index contributed by atoms with van der Waals surface area (Å²) in [7, 11) is 0. The number of hydrogen-bond acceptors (Lipinski definition) is 5. The second kappa shape index (κ2) is 7.53. The summed E-state index contributed by atoms with van der Waals surface area (Å²) in [5.41, 5.74) is 3.41. The van der Waals surface area contributed by atoms with Crippen LogP contribution in [-0.2, 0) is 13.2 Å². The molecule has 0 radical (unpaired) electrons. The van der Waals surface area contributed by atoms with Crippen molar-refractivity contribution in [3.05, 3.63) is 68.7 Å². The minimum atomic E-state index is -0.151. The van der Waals surface area contributed by atoms with Crippen molar-refractivity contribution < 1.29 is 14.1 Å². The molecule has 0 aliphatic heterocycles. The minimum Gasteiger partial charge on any atom is -0.488 e. The molecule has 0 atom stereocenters. The van der Waals surface area contributed by atoms with Crippen molar-refractivity contribution >= 4 is 17.2 Å². The quantitative estimate of drug-likeness (QED) is 0.720. The third kappa shape index (κ3) is 3.91. The Bertz CT molecular complexity index is 863. The van der Waals surface area contributed by atoms with Gasteiger partial charge in [-0.15, -0.1) is 11.3 Å². The highest BCUT2D eigenvalue weighted by molar-refractivity contribution is 7.10. The molecular formula is C19H20N2O3S. The first-order chi connectivity index (χ1) is 12.1. The maximum absolute atomic E-state index is 12.5. The molecule has 0 saturated carbocycles. The van der Waals surface area contributed by atoms with Gasteiger partial charge < -0.3 is 14.6 Å². The van der Waals surface area contributed by atoms with E-state index in [1.165, 1.54) is 5.56 Å². The molecule has 5 nitrogen and oxygen atoms in total. The van der Waals surface area contributed by atoms with E-state index in [1.807, 2.05) is 44.4 Å². The minimum absolute atomic E-state index is 0.151. The molecule has 0 unspecified atom stereocenters. The fourth-order valence-corrected chi connectivity index (χ4v) is 3.32. The zero-order valence-electron chi connectivity index (χ0n) is 14.5. The normalized spacial score (nSPS) is 10.7. The van der Waals surface area contributed by atoms with Gasteiger partial charge >= 0.3 is 0 Å². The van der Waals surface area contributed by atoms with E-state index in [2.05, 4.69) is 10.5 Å². The molecule has 0 spiro atoms. The van der Waals surface area contributed by atoms with Crippen molar-refractivity contribution in [1.82, 2.24) is 10.5 Å². The second-order valence-electron chi connectivity index (χ2n) is 5.80. The van der Waals surface area contributed by atoms with Crippen LogP contribution in [0.4, 0.5) is 0 Å². The van der Waals surface area contributed by atoms with Crippen LogP contribution in [0, 0.1) is 20.8 Å². The molecule has 3 rings (SSSR count). The molecular weight excluding hydrogens is 336 g/mol. The van der Waals surface area contributed by atoms with Gasteiger partial charge in [0, 0.05) is 4.88 Å². The smallest absolute Gasteiger partial charge is 0.255 e. The molecule has 1 amide bonds. The Hall–Kier alpha value is -2.60. The van der Waals surface area contributed by atoms with Crippen LogP contribution in [0.3, 0.4) is 0 Å². The van der Waals surface area contributed by atoms with Crippen LogP contribution >= 0.6 is 11.3 Å². The summed E-state index contributed by atoms with van der Waals surface area (Å²) in [6.07, 6.45) is 0. The van der Waals surface area contributed by atoms with Gasteiger partial charge in [-0.3, -0.25) is 4.79 Å². The van der Waals surface area contributed by atoms with Gasteiger partial charge in [-0.05, 0) is 49.9 Å². The summed E-state index contributed by atoms with van der Waals surface area (Å²) < 4.78 is 11.0. The Balaban J connectivity index is 1.69. The molecule has 1 aromatic carbocycles. The topological polar surface area (TPSA) is 64.4 Å². The number of nitrogens with one attached hydrogen (secondary N) is 1. The molecule has 0 aliphatic rings. The number of nitrogens with zero attached hydrogens (tertiary/aromatic N) is 1. The van der Waals surface area contributed by atoms with E-state index in [1.54, 1.807) is 23.5 Å². The van der Waals surface area contributed by atoms with Gasteiger partial charge in [-0.25, -0.2) is 0 Å². The number of thiophene rings is 1. The predicted molar refractivity (Wildman–Crippen MR) is 97.0 cm³/mol. The highest BCUT2D eigenvalue weighted by Crippen LogP contribution is 2.22. The number of ether oxygens (including phenoxy) is 1. The molecule has 1 N–H and O–H groups in total. The molecule has 0 bridgehead atoms. The van der Waals surface area contributed by atoms with E-state index in [9.17, 15) is 4.79 Å². The van der Waals surface area contributed by atoms with Gasteiger partial charge in [-0.1, -0.05) is 17.3 Å². The number of rotatable bonds is 6. The summed E-state index contributed by atoms with van der Waals surface area (Å²) >= 11 is 1.64. The van der Waals surface area contributed by atoms with Crippen LogP contribution in [0.15, 0.2) is 40.2 Å². The van der Waals surface area contributed by atoms with Gasteiger partial charge in [0.25, 0.3) is 5.91 Å². The first kappa shape index (κ1) is 17.2. The van der Waals surface area contributed by atoms with E-state index in [4.69, 9.17) is 9.26 Å². The maximum atomic E-state index is 12.5. The summed E-state index contributed by atoms with van der Waals surface area (Å²) in [5.74, 6) is 1.12. The lowest BCUT2D eigenvalue weighted by atomic mass is 10.1. The largest absolute Gasteiger partial charge is 0.488 e. The van der Waals surface area contributed by atoms with Crippen LogP contribution in [0.2, 0.25) is 0 Å². The van der Waals surface area contributed by atoms with E-state index in [0.29, 0.717) is 24.5 Å². The number of aryl methyl sites for hydroxylation is 3. The Morgan fingerprint density at radius 3 is 2.72 bits per heavy atom. The lowest BCUT2D eigenvalue weighted by molar-refractivity contribution is 0.0946. The third-order valence-corrected chi connectivity index (χ3v) is 5.09. The Labute approximate surface area is 150 Å². The van der Waals surface area contributed by atoms with Gasteiger partial charge in [0.15, 0.2) is 0 Å². The zero-order chi connectivity index (χ0) is 17.8. The third-order valence-electron chi connectivity index (χ3n) is 4.06. The predicted octanol–water partition coefficient (Wildman–Crippen LogP) is 4.17. The van der Waals surface area contributed by atoms with Gasteiger partial charge in [0.05, 0.1) is 23.4 Å². The molecule has 6 heteroatoms. The van der Waals surface area contributed by atoms with Gasteiger partial charge in [0.2, 0.25) is 0 Å². The lowest BCUT2D eigenvalue weighted by Gasteiger charge is -2.11. The SMILES string of the molecule is Cc1ccsc1CNC(=O)c1ccccc1OCc1c(C)noc1C. The molecule has 130 valence electrons. The molecule has 0 saturated heterocycles. The molecule has 25 heavy (non-hydrogen) atoms. The van der Waals surface area contributed by atoms with Crippen molar-refractivity contribution in [3.8, 4) is 5.75 Å². The second-order valence-corrected chi connectivity index (χ2v) is 6.80. The number of carbonyl (C=O) groups excluding carboxylic acids is 1. The summed E-state index contributed by atoms with van der Waals surface area (Å²) in [5, 5.41) is 8.90. The molecule has 2 aromatic heterocycles. The van der Waals surface area contributed by atoms with Crippen LogP contribution < -0.4 is 10.1 Å². The molecule has 0 aliphatic carbocycles. The van der Waals surface area contributed by atoms with Crippen molar-refractivity contribution in [3.63, 3.8) is 0 Å². The number of benzene rings is 1.